The number of aromatic nitrogens is 1. The van der Waals surface area contributed by atoms with Crippen molar-refractivity contribution < 1.29 is 14.3 Å². The smallest absolute Gasteiger partial charge is 0.284 e. The number of carbonyl (C=O) groups excluding carboxylic acids is 2. The molecule has 1 aliphatic rings. The van der Waals surface area contributed by atoms with Crippen molar-refractivity contribution in [3.8, 4) is 11.8 Å². The number of anilines is 1. The second-order valence-electron chi connectivity index (χ2n) is 4.34. The van der Waals surface area contributed by atoms with Crippen LogP contribution in [-0.2, 0) is 0 Å². The number of nitriles is 1. The zero-order valence-electron chi connectivity index (χ0n) is 11.0. The number of fused-ring (bicyclic) bond motifs is 1. The van der Waals surface area contributed by atoms with E-state index in [1.54, 1.807) is 12.1 Å². The molecule has 1 aromatic carbocycles. The van der Waals surface area contributed by atoms with Crippen LogP contribution in [0.25, 0.3) is 0 Å². The van der Waals surface area contributed by atoms with Crippen molar-refractivity contribution in [3.63, 3.8) is 0 Å². The second kappa shape index (κ2) is 4.72. The third-order valence-electron chi connectivity index (χ3n) is 3.20. The standard InChI is InChI=1S/C15H9N3O3/c1-21-12-7-9(8-16)4-5-11(12)18-14(19)10-3-2-6-17-13(10)15(18)20/h2-7H,1H3. The number of methoxy groups -OCH3 is 1. The van der Waals surface area contributed by atoms with Crippen LogP contribution in [0.4, 0.5) is 5.69 Å². The summed E-state index contributed by atoms with van der Waals surface area (Å²) < 4.78 is 5.18. The lowest BCUT2D eigenvalue weighted by atomic mass is 10.2. The number of hydrogen-bond donors (Lipinski definition) is 0. The van der Waals surface area contributed by atoms with Crippen LogP contribution < -0.4 is 9.64 Å². The molecule has 6 nitrogen and oxygen atoms in total. The predicted molar refractivity (Wildman–Crippen MR) is 73.1 cm³/mol. The number of amides is 2. The van der Waals surface area contributed by atoms with Crippen LogP contribution in [0.5, 0.6) is 5.75 Å². The molecule has 0 unspecified atom stereocenters. The van der Waals surface area contributed by atoms with Crippen LogP contribution in [0, 0.1) is 11.3 Å². The van der Waals surface area contributed by atoms with Crippen LogP contribution in [-0.4, -0.2) is 23.9 Å². The summed E-state index contributed by atoms with van der Waals surface area (Å²) in [5.41, 5.74) is 1.05. The Balaban J connectivity index is 2.13. The van der Waals surface area contributed by atoms with Gasteiger partial charge in [0.15, 0.2) is 0 Å². The highest BCUT2D eigenvalue weighted by Gasteiger charge is 2.39. The highest BCUT2D eigenvalue weighted by molar-refractivity contribution is 6.34. The first kappa shape index (κ1) is 12.8. The van der Waals surface area contributed by atoms with Crippen LogP contribution in [0.1, 0.15) is 26.4 Å². The summed E-state index contributed by atoms with van der Waals surface area (Å²) in [7, 11) is 1.41. The molecule has 0 radical (unpaired) electrons. The summed E-state index contributed by atoms with van der Waals surface area (Å²) in [6.07, 6.45) is 1.46. The van der Waals surface area contributed by atoms with Gasteiger partial charge < -0.3 is 4.74 Å². The number of carbonyl (C=O) groups is 2. The summed E-state index contributed by atoms with van der Waals surface area (Å²) in [6, 6.07) is 9.65. The molecule has 0 bridgehead atoms. The normalized spacial score (nSPS) is 13.0. The number of ether oxygens (including phenoxy) is 1. The van der Waals surface area contributed by atoms with Crippen molar-refractivity contribution >= 4 is 17.5 Å². The average molecular weight is 279 g/mol. The van der Waals surface area contributed by atoms with Crippen molar-refractivity contribution in [1.29, 1.82) is 5.26 Å². The average Bonchev–Trinajstić information content (AvgIpc) is 2.79. The maximum atomic E-state index is 12.4. The molecule has 0 spiro atoms. The number of hydrogen-bond acceptors (Lipinski definition) is 5. The largest absolute Gasteiger partial charge is 0.495 e. The molecule has 102 valence electrons. The molecule has 0 saturated heterocycles. The van der Waals surface area contributed by atoms with Crippen LogP contribution in [0.3, 0.4) is 0 Å². The number of benzene rings is 1. The maximum Gasteiger partial charge on any atom is 0.284 e. The quantitative estimate of drug-likeness (QED) is 0.782. The minimum Gasteiger partial charge on any atom is -0.495 e. The number of nitrogens with zero attached hydrogens (tertiary/aromatic N) is 3. The van der Waals surface area contributed by atoms with Gasteiger partial charge in [0.05, 0.1) is 30.0 Å². The zero-order chi connectivity index (χ0) is 15.0. The summed E-state index contributed by atoms with van der Waals surface area (Å²) >= 11 is 0. The van der Waals surface area contributed by atoms with Crippen molar-refractivity contribution in [1.82, 2.24) is 4.98 Å². The summed E-state index contributed by atoms with van der Waals surface area (Å²) in [5.74, 6) is -0.673. The Kier molecular flexibility index (Phi) is 2.88. The van der Waals surface area contributed by atoms with E-state index in [-0.39, 0.29) is 17.0 Å². The number of pyridine rings is 1. The topological polar surface area (TPSA) is 83.3 Å². The number of rotatable bonds is 2. The lowest BCUT2D eigenvalue weighted by Crippen LogP contribution is -2.29. The van der Waals surface area contributed by atoms with E-state index in [4.69, 9.17) is 10.00 Å². The number of imide groups is 1. The summed E-state index contributed by atoms with van der Waals surface area (Å²) in [4.78, 5) is 29.7. The molecular formula is C15H9N3O3. The minimum atomic E-state index is -0.501. The van der Waals surface area contributed by atoms with Gasteiger partial charge in [-0.15, -0.1) is 0 Å². The van der Waals surface area contributed by atoms with E-state index in [9.17, 15) is 9.59 Å². The van der Waals surface area contributed by atoms with Gasteiger partial charge in [0.1, 0.15) is 11.4 Å². The predicted octanol–water partition coefficient (Wildman–Crippen LogP) is 1.76. The Hall–Kier alpha value is -3.20. The second-order valence-corrected chi connectivity index (χ2v) is 4.34. The fourth-order valence-corrected chi connectivity index (χ4v) is 2.22. The van der Waals surface area contributed by atoms with Crippen molar-refractivity contribution in [3.05, 3.63) is 53.3 Å². The molecule has 0 aliphatic carbocycles. The molecule has 21 heavy (non-hydrogen) atoms. The Morgan fingerprint density at radius 3 is 2.71 bits per heavy atom. The monoisotopic (exact) mass is 279 g/mol. The van der Waals surface area contributed by atoms with E-state index >= 15 is 0 Å². The Bertz CT molecular complexity index is 773. The molecule has 2 amide bonds. The van der Waals surface area contributed by atoms with Crippen molar-refractivity contribution in [2.75, 3.05) is 12.0 Å². The maximum absolute atomic E-state index is 12.4. The van der Waals surface area contributed by atoms with Crippen molar-refractivity contribution in [2.24, 2.45) is 0 Å². The van der Waals surface area contributed by atoms with E-state index in [1.165, 1.54) is 31.5 Å². The molecule has 2 aromatic rings. The first-order valence-corrected chi connectivity index (χ1v) is 6.09. The Morgan fingerprint density at radius 1 is 1.24 bits per heavy atom. The molecule has 2 heterocycles. The van der Waals surface area contributed by atoms with Crippen LogP contribution in [0.2, 0.25) is 0 Å². The van der Waals surface area contributed by atoms with E-state index < -0.39 is 11.8 Å². The molecule has 0 N–H and O–H groups in total. The summed E-state index contributed by atoms with van der Waals surface area (Å²) in [6.45, 7) is 0. The molecule has 6 heteroatoms. The van der Waals surface area contributed by atoms with Gasteiger partial charge in [0.2, 0.25) is 0 Å². The summed E-state index contributed by atoms with van der Waals surface area (Å²) in [5, 5.41) is 8.90. The van der Waals surface area contributed by atoms with Crippen molar-refractivity contribution in [2.45, 2.75) is 0 Å². The molecule has 1 aliphatic heterocycles. The van der Waals surface area contributed by atoms with Gasteiger partial charge in [-0.1, -0.05) is 0 Å². The van der Waals surface area contributed by atoms with Gasteiger partial charge >= 0.3 is 0 Å². The first-order valence-electron chi connectivity index (χ1n) is 6.09. The lowest BCUT2D eigenvalue weighted by molar-refractivity contribution is 0.0923. The highest BCUT2D eigenvalue weighted by atomic mass is 16.5. The highest BCUT2D eigenvalue weighted by Crippen LogP contribution is 2.34. The van der Waals surface area contributed by atoms with Gasteiger partial charge in [-0.3, -0.25) is 14.6 Å². The van der Waals surface area contributed by atoms with Gasteiger partial charge in [0.25, 0.3) is 11.8 Å². The molecule has 1 aromatic heterocycles. The first-order chi connectivity index (χ1) is 10.2. The van der Waals surface area contributed by atoms with E-state index in [0.717, 1.165) is 4.90 Å². The van der Waals surface area contributed by atoms with Crippen LogP contribution in [0.15, 0.2) is 36.5 Å². The fourth-order valence-electron chi connectivity index (χ4n) is 2.22. The molecule has 0 atom stereocenters. The lowest BCUT2D eigenvalue weighted by Gasteiger charge is -2.17. The molecule has 0 saturated carbocycles. The molecule has 0 fully saturated rings. The fraction of sp³-hybridized carbons (Fsp3) is 0.0667. The van der Waals surface area contributed by atoms with E-state index in [2.05, 4.69) is 4.98 Å². The third-order valence-corrected chi connectivity index (χ3v) is 3.20. The van der Waals surface area contributed by atoms with Gasteiger partial charge in [-0.25, -0.2) is 4.90 Å². The third kappa shape index (κ3) is 1.83. The van der Waals surface area contributed by atoms with Crippen LogP contribution >= 0.6 is 0 Å². The molecule has 3 rings (SSSR count). The van der Waals surface area contributed by atoms with E-state index in [0.29, 0.717) is 11.3 Å². The SMILES string of the molecule is COc1cc(C#N)ccc1N1C(=O)c2cccnc2C1=O. The zero-order valence-corrected chi connectivity index (χ0v) is 11.0. The minimum absolute atomic E-state index is 0.119. The van der Waals surface area contributed by atoms with Gasteiger partial charge in [-0.05, 0) is 24.3 Å². The Labute approximate surface area is 120 Å². The Morgan fingerprint density at radius 2 is 2.05 bits per heavy atom. The van der Waals surface area contributed by atoms with Gasteiger partial charge in [0, 0.05) is 12.3 Å². The van der Waals surface area contributed by atoms with E-state index in [1.807, 2.05) is 6.07 Å². The molecular weight excluding hydrogens is 270 g/mol. The van der Waals surface area contributed by atoms with Gasteiger partial charge in [-0.2, -0.15) is 5.26 Å².